The van der Waals surface area contributed by atoms with Crippen molar-refractivity contribution in [2.45, 2.75) is 17.7 Å². The van der Waals surface area contributed by atoms with E-state index in [4.69, 9.17) is 0 Å². The Bertz CT molecular complexity index is 823. The van der Waals surface area contributed by atoms with Crippen LogP contribution in [0.3, 0.4) is 0 Å². The van der Waals surface area contributed by atoms with Gasteiger partial charge in [0.1, 0.15) is 5.69 Å². The number of sulfonamides is 1. The predicted octanol–water partition coefficient (Wildman–Crippen LogP) is 0.668. The van der Waals surface area contributed by atoms with Gasteiger partial charge in [-0.3, -0.25) is 14.7 Å². The van der Waals surface area contributed by atoms with Gasteiger partial charge in [0.2, 0.25) is 0 Å². The van der Waals surface area contributed by atoms with E-state index < -0.39 is 21.9 Å². The molecule has 3 rings (SSSR count). The Balaban J connectivity index is 1.66. The van der Waals surface area contributed by atoms with E-state index in [0.717, 1.165) is 4.68 Å². The van der Waals surface area contributed by atoms with Crippen LogP contribution in [0.5, 0.6) is 0 Å². The Morgan fingerprint density at radius 1 is 1.24 bits per heavy atom. The molecule has 0 saturated carbocycles. The number of hydrogen-bond donors (Lipinski definition) is 1. The zero-order valence-corrected chi connectivity index (χ0v) is 14.2. The molecule has 1 saturated heterocycles. The first-order valence-electron chi connectivity index (χ1n) is 7.49. The zero-order chi connectivity index (χ0) is 18.2. The molecule has 1 aliphatic rings. The summed E-state index contributed by atoms with van der Waals surface area (Å²) in [6, 6.07) is 1.37. The molecule has 1 aliphatic heterocycles. The lowest BCUT2D eigenvalue weighted by atomic mass is 10.2. The third kappa shape index (κ3) is 3.55. The number of rotatable bonds is 4. The van der Waals surface area contributed by atoms with Crippen LogP contribution in [0.1, 0.15) is 11.3 Å². The summed E-state index contributed by atoms with van der Waals surface area (Å²) in [6.07, 6.45) is -1.92. The maximum absolute atomic E-state index is 13.1. The van der Waals surface area contributed by atoms with Crippen molar-refractivity contribution in [1.82, 2.24) is 29.2 Å². The predicted molar refractivity (Wildman–Crippen MR) is 80.8 cm³/mol. The maximum Gasteiger partial charge on any atom is 0.433 e. The second-order valence-electron chi connectivity index (χ2n) is 5.74. The number of halogens is 3. The van der Waals surface area contributed by atoms with Crippen LogP contribution in [0.2, 0.25) is 0 Å². The fourth-order valence-corrected chi connectivity index (χ4v) is 4.18. The maximum atomic E-state index is 13.1. The summed E-state index contributed by atoms with van der Waals surface area (Å²) in [7, 11) is -2.40. The van der Waals surface area contributed by atoms with Gasteiger partial charge in [-0.1, -0.05) is 0 Å². The Morgan fingerprint density at radius 2 is 1.92 bits per heavy atom. The van der Waals surface area contributed by atoms with Crippen molar-refractivity contribution in [2.75, 3.05) is 26.2 Å². The first kappa shape index (κ1) is 17.9. The van der Waals surface area contributed by atoms with Crippen molar-refractivity contribution in [1.29, 1.82) is 0 Å². The summed E-state index contributed by atoms with van der Waals surface area (Å²) < 4.78 is 66.2. The van der Waals surface area contributed by atoms with Gasteiger partial charge in [0.25, 0.3) is 10.0 Å². The molecular formula is C13H17F3N6O2S. The van der Waals surface area contributed by atoms with E-state index in [0.29, 0.717) is 13.1 Å². The van der Waals surface area contributed by atoms with Crippen molar-refractivity contribution in [3.8, 4) is 0 Å². The monoisotopic (exact) mass is 378 g/mol. The number of aromatic nitrogens is 4. The van der Waals surface area contributed by atoms with Gasteiger partial charge in [-0.05, 0) is 6.07 Å². The molecule has 1 N–H and O–H groups in total. The molecule has 0 aliphatic carbocycles. The summed E-state index contributed by atoms with van der Waals surface area (Å²) in [5, 5.41) is 9.75. The van der Waals surface area contributed by atoms with E-state index in [1.807, 2.05) is 0 Å². The van der Waals surface area contributed by atoms with E-state index in [-0.39, 0.29) is 30.2 Å². The second kappa shape index (κ2) is 6.42. The summed E-state index contributed by atoms with van der Waals surface area (Å²) in [5.74, 6) is 0. The average molecular weight is 378 g/mol. The molecule has 0 bridgehead atoms. The highest BCUT2D eigenvalue weighted by Gasteiger charge is 2.38. The molecule has 8 nitrogen and oxygen atoms in total. The molecule has 138 valence electrons. The van der Waals surface area contributed by atoms with E-state index in [1.54, 1.807) is 4.90 Å². The first-order chi connectivity index (χ1) is 11.7. The molecule has 0 radical (unpaired) electrons. The largest absolute Gasteiger partial charge is 0.433 e. The Kier molecular flexibility index (Phi) is 4.60. The van der Waals surface area contributed by atoms with E-state index >= 15 is 0 Å². The van der Waals surface area contributed by atoms with Gasteiger partial charge >= 0.3 is 6.18 Å². The molecule has 0 spiro atoms. The zero-order valence-electron chi connectivity index (χ0n) is 13.4. The highest BCUT2D eigenvalue weighted by atomic mass is 32.2. The highest BCUT2D eigenvalue weighted by Crippen LogP contribution is 2.32. The van der Waals surface area contributed by atoms with Gasteiger partial charge in [-0.2, -0.15) is 27.7 Å². The Hall–Kier alpha value is -1.92. The van der Waals surface area contributed by atoms with Crippen molar-refractivity contribution >= 4 is 10.0 Å². The van der Waals surface area contributed by atoms with Crippen molar-refractivity contribution < 1.29 is 21.6 Å². The lowest BCUT2D eigenvalue weighted by molar-refractivity contribution is -0.144. The molecule has 3 heterocycles. The van der Waals surface area contributed by atoms with Crippen LogP contribution < -0.4 is 0 Å². The standard InChI is InChI=1S/C13H17F3N6O2S/c1-20-12(13(14,15)16)10(8-18-20)9-21-4-6-22(7-5-21)25(23,24)11-2-3-17-19-11/h2-3,8H,4-7,9H2,1H3,(H,17,19). The smallest absolute Gasteiger partial charge is 0.296 e. The van der Waals surface area contributed by atoms with E-state index in [1.165, 1.54) is 29.8 Å². The number of piperazine rings is 1. The molecule has 0 aromatic carbocycles. The second-order valence-corrected chi connectivity index (χ2v) is 7.65. The average Bonchev–Trinajstić information content (AvgIpc) is 3.17. The number of aryl methyl sites for hydroxylation is 1. The summed E-state index contributed by atoms with van der Waals surface area (Å²) in [4.78, 5) is 1.78. The lowest BCUT2D eigenvalue weighted by Gasteiger charge is -2.33. The molecule has 0 atom stereocenters. The quantitative estimate of drug-likeness (QED) is 0.845. The molecule has 12 heteroatoms. The molecule has 2 aromatic rings. The minimum Gasteiger partial charge on any atom is -0.296 e. The van der Waals surface area contributed by atoms with Gasteiger partial charge in [-0.25, -0.2) is 8.42 Å². The van der Waals surface area contributed by atoms with Gasteiger partial charge in [-0.15, -0.1) is 0 Å². The van der Waals surface area contributed by atoms with Crippen LogP contribution in [0.4, 0.5) is 13.2 Å². The van der Waals surface area contributed by atoms with Crippen LogP contribution in [0.25, 0.3) is 0 Å². The summed E-state index contributed by atoms with van der Waals surface area (Å²) >= 11 is 0. The lowest BCUT2D eigenvalue weighted by Crippen LogP contribution is -2.48. The minimum absolute atomic E-state index is 0.00701. The van der Waals surface area contributed by atoms with Crippen LogP contribution >= 0.6 is 0 Å². The van der Waals surface area contributed by atoms with Gasteiger partial charge < -0.3 is 0 Å². The van der Waals surface area contributed by atoms with Gasteiger partial charge in [0.15, 0.2) is 5.03 Å². The number of aromatic amines is 1. The van der Waals surface area contributed by atoms with Crippen LogP contribution in [-0.4, -0.2) is 63.8 Å². The molecule has 2 aromatic heterocycles. The number of alkyl halides is 3. The molecular weight excluding hydrogens is 361 g/mol. The fourth-order valence-electron chi connectivity index (χ4n) is 2.86. The molecule has 1 fully saturated rings. The first-order valence-corrected chi connectivity index (χ1v) is 8.93. The normalized spacial score (nSPS) is 17.9. The van der Waals surface area contributed by atoms with Crippen LogP contribution in [0.15, 0.2) is 23.5 Å². The molecule has 25 heavy (non-hydrogen) atoms. The van der Waals surface area contributed by atoms with Crippen molar-refractivity contribution in [3.05, 3.63) is 29.7 Å². The minimum atomic E-state index is -4.48. The van der Waals surface area contributed by atoms with Crippen LogP contribution in [-0.2, 0) is 29.8 Å². The van der Waals surface area contributed by atoms with Gasteiger partial charge in [0, 0.05) is 45.3 Å². The Morgan fingerprint density at radius 3 is 2.48 bits per heavy atom. The highest BCUT2D eigenvalue weighted by molar-refractivity contribution is 7.89. The third-order valence-corrected chi connectivity index (χ3v) is 5.93. The van der Waals surface area contributed by atoms with Crippen LogP contribution in [0, 0.1) is 0 Å². The van der Waals surface area contributed by atoms with Crippen molar-refractivity contribution in [2.24, 2.45) is 7.05 Å². The number of hydrogen-bond acceptors (Lipinski definition) is 5. The topological polar surface area (TPSA) is 87.1 Å². The number of nitrogens with zero attached hydrogens (tertiary/aromatic N) is 5. The molecule has 0 unspecified atom stereocenters. The summed E-state index contributed by atoms with van der Waals surface area (Å²) in [5.41, 5.74) is -0.695. The van der Waals surface area contributed by atoms with Crippen molar-refractivity contribution in [3.63, 3.8) is 0 Å². The number of nitrogens with one attached hydrogen (secondary N) is 1. The number of H-pyrrole nitrogens is 1. The fraction of sp³-hybridized carbons (Fsp3) is 0.538. The summed E-state index contributed by atoms with van der Waals surface area (Å²) in [6.45, 7) is 1.13. The Labute approximate surface area is 142 Å². The van der Waals surface area contributed by atoms with E-state index in [9.17, 15) is 21.6 Å². The SMILES string of the molecule is Cn1ncc(CN2CCN(S(=O)(=O)c3ccn[nH]3)CC2)c1C(F)(F)F. The van der Waals surface area contributed by atoms with E-state index in [2.05, 4.69) is 15.3 Å². The third-order valence-electron chi connectivity index (χ3n) is 4.10. The van der Waals surface area contributed by atoms with Gasteiger partial charge in [0.05, 0.1) is 12.4 Å². The molecule has 0 amide bonds.